The van der Waals surface area contributed by atoms with Gasteiger partial charge < -0.3 is 4.42 Å². The van der Waals surface area contributed by atoms with E-state index in [0.29, 0.717) is 16.8 Å². The largest absolute Gasteiger partial charge is 0.421 e. The van der Waals surface area contributed by atoms with Crippen molar-refractivity contribution in [3.8, 4) is 11.5 Å². The molecule has 0 aliphatic heterocycles. The van der Waals surface area contributed by atoms with Gasteiger partial charge in [0.15, 0.2) is 0 Å². The number of aromatic nitrogens is 2. The van der Waals surface area contributed by atoms with E-state index in [9.17, 15) is 0 Å². The zero-order valence-corrected chi connectivity index (χ0v) is 9.75. The van der Waals surface area contributed by atoms with Crippen molar-refractivity contribution < 1.29 is 4.42 Å². The molecule has 0 spiro atoms. The van der Waals surface area contributed by atoms with E-state index in [0.717, 1.165) is 5.56 Å². The Bertz CT molecular complexity index is 426. The summed E-state index contributed by atoms with van der Waals surface area (Å²) in [5.41, 5.74) is 0.841. The molecule has 0 aliphatic carbocycles. The molecule has 0 saturated heterocycles. The molecule has 1 heterocycles. The molecule has 0 saturated carbocycles. The van der Waals surface area contributed by atoms with Crippen LogP contribution in [0.25, 0.3) is 11.5 Å². The highest BCUT2D eigenvalue weighted by atomic mass is 35.5. The summed E-state index contributed by atoms with van der Waals surface area (Å²) in [6, 6.07) is 7.30. The molecule has 0 fully saturated rings. The Morgan fingerprint density at radius 1 is 1.20 bits per heavy atom. The number of hydrogen-bond donors (Lipinski definition) is 0. The summed E-state index contributed by atoms with van der Waals surface area (Å²) in [6.07, 6.45) is 0. The Hall–Kier alpha value is -1.35. The first kappa shape index (κ1) is 11.7. The first-order valence-electron chi connectivity index (χ1n) is 4.82. The molecule has 3 nitrogen and oxygen atoms in total. The van der Waals surface area contributed by atoms with Gasteiger partial charge in [-0.25, -0.2) is 0 Å². The fourth-order valence-electron chi connectivity index (χ4n) is 1.03. The minimum absolute atomic E-state index is 0.500. The summed E-state index contributed by atoms with van der Waals surface area (Å²) in [7, 11) is 0. The zero-order valence-electron chi connectivity index (χ0n) is 8.99. The summed E-state index contributed by atoms with van der Waals surface area (Å²) in [4.78, 5) is 0. The van der Waals surface area contributed by atoms with Gasteiger partial charge in [0.1, 0.15) is 0 Å². The number of aryl methyl sites for hydroxylation is 1. The second-order valence-electron chi connectivity index (χ2n) is 2.64. The predicted molar refractivity (Wildman–Crippen MR) is 60.8 cm³/mol. The molecule has 0 amide bonds. The zero-order chi connectivity index (χ0) is 11.3. The first-order valence-corrected chi connectivity index (χ1v) is 5.19. The van der Waals surface area contributed by atoms with Gasteiger partial charge in [-0.2, -0.15) is 0 Å². The van der Waals surface area contributed by atoms with E-state index in [1.54, 1.807) is 19.1 Å². The van der Waals surface area contributed by atoms with E-state index in [-0.39, 0.29) is 0 Å². The fraction of sp³-hybridized carbons (Fsp3) is 0.273. The number of hydrogen-bond acceptors (Lipinski definition) is 3. The maximum atomic E-state index is 5.81. The number of benzene rings is 1. The van der Waals surface area contributed by atoms with E-state index in [4.69, 9.17) is 16.0 Å². The molecule has 1 aromatic carbocycles. The maximum Gasteiger partial charge on any atom is 0.247 e. The minimum Gasteiger partial charge on any atom is -0.421 e. The van der Waals surface area contributed by atoms with Crippen molar-refractivity contribution in [2.24, 2.45) is 0 Å². The molecule has 2 aromatic rings. The van der Waals surface area contributed by atoms with Crippen LogP contribution in [-0.4, -0.2) is 10.2 Å². The second kappa shape index (κ2) is 5.51. The van der Waals surface area contributed by atoms with Crippen molar-refractivity contribution in [3.63, 3.8) is 0 Å². The topological polar surface area (TPSA) is 38.9 Å². The van der Waals surface area contributed by atoms with Crippen LogP contribution in [0.3, 0.4) is 0 Å². The quantitative estimate of drug-likeness (QED) is 0.741. The molecule has 0 N–H and O–H groups in total. The molecule has 0 bridgehead atoms. The van der Waals surface area contributed by atoms with Gasteiger partial charge in [-0.05, 0) is 18.2 Å². The van der Waals surface area contributed by atoms with Crippen molar-refractivity contribution in [2.45, 2.75) is 20.8 Å². The Labute approximate surface area is 94.1 Å². The van der Waals surface area contributed by atoms with E-state index in [1.165, 1.54) is 0 Å². The van der Waals surface area contributed by atoms with Crippen molar-refractivity contribution in [1.29, 1.82) is 0 Å². The molecule has 0 unspecified atom stereocenters. The van der Waals surface area contributed by atoms with E-state index >= 15 is 0 Å². The molecular weight excluding hydrogens is 212 g/mol. The maximum absolute atomic E-state index is 5.81. The van der Waals surface area contributed by atoms with Crippen LogP contribution in [0.2, 0.25) is 5.02 Å². The highest BCUT2D eigenvalue weighted by molar-refractivity contribution is 6.30. The summed E-state index contributed by atoms with van der Waals surface area (Å²) < 4.78 is 5.24. The highest BCUT2D eigenvalue weighted by Gasteiger charge is 2.04. The van der Waals surface area contributed by atoms with Gasteiger partial charge in [0, 0.05) is 17.5 Å². The molecule has 1 aromatic heterocycles. The monoisotopic (exact) mass is 224 g/mol. The molecule has 0 radical (unpaired) electrons. The van der Waals surface area contributed by atoms with Crippen LogP contribution >= 0.6 is 11.6 Å². The lowest BCUT2D eigenvalue weighted by Gasteiger charge is -1.93. The van der Waals surface area contributed by atoms with Crippen LogP contribution in [-0.2, 0) is 0 Å². The van der Waals surface area contributed by atoms with Crippen LogP contribution in [0.5, 0.6) is 0 Å². The van der Waals surface area contributed by atoms with Crippen LogP contribution in [0.1, 0.15) is 19.7 Å². The lowest BCUT2D eigenvalue weighted by Crippen LogP contribution is -1.76. The average molecular weight is 225 g/mol. The predicted octanol–water partition coefficient (Wildman–Crippen LogP) is 3.72. The molecule has 0 aliphatic rings. The SMILES string of the molecule is CC.Cc1nnc(-c2cccc(Cl)c2)o1. The van der Waals surface area contributed by atoms with Gasteiger partial charge in [0.25, 0.3) is 0 Å². The normalized spacial score (nSPS) is 9.33. The van der Waals surface area contributed by atoms with Crippen molar-refractivity contribution in [3.05, 3.63) is 35.2 Å². The van der Waals surface area contributed by atoms with Crippen molar-refractivity contribution >= 4 is 11.6 Å². The second-order valence-corrected chi connectivity index (χ2v) is 3.07. The van der Waals surface area contributed by atoms with Crippen LogP contribution in [0, 0.1) is 6.92 Å². The lowest BCUT2D eigenvalue weighted by atomic mass is 10.2. The van der Waals surface area contributed by atoms with Crippen LogP contribution in [0.4, 0.5) is 0 Å². The van der Waals surface area contributed by atoms with Crippen LogP contribution in [0.15, 0.2) is 28.7 Å². The molecule has 0 atom stereocenters. The highest BCUT2D eigenvalue weighted by Crippen LogP contribution is 2.20. The summed E-state index contributed by atoms with van der Waals surface area (Å²) in [6.45, 7) is 5.75. The summed E-state index contributed by atoms with van der Waals surface area (Å²) in [5.74, 6) is 1.05. The lowest BCUT2D eigenvalue weighted by molar-refractivity contribution is 0.533. The number of rotatable bonds is 1. The Morgan fingerprint density at radius 3 is 2.47 bits per heavy atom. The first-order chi connectivity index (χ1) is 7.25. The standard InChI is InChI=1S/C9H7ClN2O.C2H6/c1-6-11-12-9(13-6)7-3-2-4-8(10)5-7;1-2/h2-5H,1H3;1-2H3. The Balaban J connectivity index is 0.000000531. The Kier molecular flexibility index (Phi) is 4.31. The van der Waals surface area contributed by atoms with Gasteiger partial charge in [0.05, 0.1) is 0 Å². The minimum atomic E-state index is 0.500. The third-order valence-electron chi connectivity index (χ3n) is 1.60. The molecule has 4 heteroatoms. The number of halogens is 1. The third-order valence-corrected chi connectivity index (χ3v) is 1.83. The van der Waals surface area contributed by atoms with Gasteiger partial charge in [0.2, 0.25) is 11.8 Å². The molecule has 2 rings (SSSR count). The van der Waals surface area contributed by atoms with Crippen molar-refractivity contribution in [1.82, 2.24) is 10.2 Å². The van der Waals surface area contributed by atoms with E-state index in [2.05, 4.69) is 10.2 Å². The van der Waals surface area contributed by atoms with E-state index < -0.39 is 0 Å². The van der Waals surface area contributed by atoms with Gasteiger partial charge in [-0.1, -0.05) is 31.5 Å². The van der Waals surface area contributed by atoms with Gasteiger partial charge in [-0.15, -0.1) is 10.2 Å². The molecule has 15 heavy (non-hydrogen) atoms. The smallest absolute Gasteiger partial charge is 0.247 e. The fourth-order valence-corrected chi connectivity index (χ4v) is 1.23. The number of nitrogens with zero attached hydrogens (tertiary/aromatic N) is 2. The van der Waals surface area contributed by atoms with Gasteiger partial charge in [-0.3, -0.25) is 0 Å². The average Bonchev–Trinajstić information content (AvgIpc) is 2.68. The van der Waals surface area contributed by atoms with Gasteiger partial charge >= 0.3 is 0 Å². The van der Waals surface area contributed by atoms with Crippen LogP contribution < -0.4 is 0 Å². The molecule has 80 valence electrons. The van der Waals surface area contributed by atoms with E-state index in [1.807, 2.05) is 26.0 Å². The Morgan fingerprint density at radius 2 is 1.93 bits per heavy atom. The summed E-state index contributed by atoms with van der Waals surface area (Å²) in [5, 5.41) is 8.28. The molecular formula is C11H13ClN2O. The third kappa shape index (κ3) is 3.06. The van der Waals surface area contributed by atoms with Crippen molar-refractivity contribution in [2.75, 3.05) is 0 Å². The summed E-state index contributed by atoms with van der Waals surface area (Å²) >= 11 is 5.81.